The van der Waals surface area contributed by atoms with Gasteiger partial charge in [-0.1, -0.05) is 13.8 Å². The van der Waals surface area contributed by atoms with Gasteiger partial charge in [-0.05, 0) is 18.2 Å². The van der Waals surface area contributed by atoms with Gasteiger partial charge in [0.05, 0.1) is 12.9 Å². The number of hydrogen-bond acceptors (Lipinski definition) is 5. The van der Waals surface area contributed by atoms with Crippen LogP contribution in [0.2, 0.25) is 0 Å². The molecule has 1 aliphatic rings. The van der Waals surface area contributed by atoms with Gasteiger partial charge in [-0.15, -0.1) is 0 Å². The van der Waals surface area contributed by atoms with Crippen LogP contribution in [0.1, 0.15) is 19.4 Å². The fourth-order valence-electron chi connectivity index (χ4n) is 2.73. The van der Waals surface area contributed by atoms with Crippen LogP contribution in [0.5, 0.6) is 5.75 Å². The first-order chi connectivity index (χ1) is 10.0. The number of aromatic nitrogens is 4. The van der Waals surface area contributed by atoms with Gasteiger partial charge in [0.1, 0.15) is 17.0 Å². The van der Waals surface area contributed by atoms with E-state index in [0.29, 0.717) is 12.3 Å². The summed E-state index contributed by atoms with van der Waals surface area (Å²) in [6.45, 7) is 5.03. The van der Waals surface area contributed by atoms with Gasteiger partial charge in [-0.25, -0.2) is 9.97 Å². The zero-order chi connectivity index (χ0) is 14.6. The van der Waals surface area contributed by atoms with E-state index < -0.39 is 0 Å². The number of imidazole rings is 1. The first kappa shape index (κ1) is 12.1. The van der Waals surface area contributed by atoms with E-state index in [1.165, 1.54) is 5.56 Å². The lowest BCUT2D eigenvalue weighted by atomic mass is 9.86. The molecule has 0 saturated heterocycles. The molecule has 6 heteroatoms. The average molecular weight is 281 g/mol. The molecule has 0 atom stereocenters. The Balaban J connectivity index is 1.96. The van der Waals surface area contributed by atoms with Crippen LogP contribution in [-0.2, 0) is 5.41 Å². The van der Waals surface area contributed by atoms with Gasteiger partial charge in [-0.2, -0.15) is 4.98 Å². The molecule has 3 N–H and O–H groups in total. The number of aromatic amines is 1. The molecular weight excluding hydrogens is 266 g/mol. The average Bonchev–Trinajstić information content (AvgIpc) is 3.02. The molecule has 0 unspecified atom stereocenters. The highest BCUT2D eigenvalue weighted by atomic mass is 16.5. The van der Waals surface area contributed by atoms with Crippen LogP contribution in [0.3, 0.4) is 0 Å². The highest BCUT2D eigenvalue weighted by Gasteiger charge is 2.32. The second-order valence-electron chi connectivity index (χ2n) is 5.92. The van der Waals surface area contributed by atoms with Crippen molar-refractivity contribution in [3.05, 3.63) is 30.1 Å². The Morgan fingerprint density at radius 2 is 2.14 bits per heavy atom. The molecule has 0 bridgehead atoms. The number of anilines is 1. The minimum absolute atomic E-state index is 0.00296. The molecule has 106 valence electrons. The lowest BCUT2D eigenvalue weighted by Crippen LogP contribution is -2.18. The van der Waals surface area contributed by atoms with Crippen LogP contribution in [0.4, 0.5) is 5.95 Å². The first-order valence-corrected chi connectivity index (χ1v) is 6.79. The van der Waals surface area contributed by atoms with Gasteiger partial charge in [-0.3, -0.25) is 0 Å². The van der Waals surface area contributed by atoms with Gasteiger partial charge < -0.3 is 15.5 Å². The standard InChI is InChI=1S/C15H15N5O/c1-15(2)6-21-10-4-3-8(5-9(10)15)11-12-13(18-7-17-12)20-14(16)19-11/h3-5,7H,6H2,1-2H3,(H3,16,17,18,19,20). The summed E-state index contributed by atoms with van der Waals surface area (Å²) in [7, 11) is 0. The number of H-pyrrole nitrogens is 1. The first-order valence-electron chi connectivity index (χ1n) is 6.79. The number of nitrogen functional groups attached to an aromatic ring is 1. The molecule has 0 amide bonds. The molecule has 0 fully saturated rings. The summed E-state index contributed by atoms with van der Waals surface area (Å²) in [6.07, 6.45) is 1.60. The highest BCUT2D eigenvalue weighted by Crippen LogP contribution is 2.40. The maximum atomic E-state index is 5.79. The molecule has 1 aromatic carbocycles. The molecule has 0 radical (unpaired) electrons. The quantitative estimate of drug-likeness (QED) is 0.714. The van der Waals surface area contributed by atoms with Crippen LogP contribution < -0.4 is 10.5 Å². The van der Waals surface area contributed by atoms with Gasteiger partial charge >= 0.3 is 0 Å². The minimum atomic E-state index is -0.00296. The Hall–Kier alpha value is -2.63. The molecule has 4 rings (SSSR count). The lowest BCUT2D eigenvalue weighted by molar-refractivity contribution is 0.291. The minimum Gasteiger partial charge on any atom is -0.492 e. The zero-order valence-corrected chi connectivity index (χ0v) is 11.8. The van der Waals surface area contributed by atoms with E-state index >= 15 is 0 Å². The fraction of sp³-hybridized carbons (Fsp3) is 0.267. The smallest absolute Gasteiger partial charge is 0.222 e. The van der Waals surface area contributed by atoms with Crippen molar-refractivity contribution in [1.82, 2.24) is 19.9 Å². The summed E-state index contributed by atoms with van der Waals surface area (Å²) in [5.41, 5.74) is 10.1. The van der Waals surface area contributed by atoms with Crippen LogP contribution in [0.25, 0.3) is 22.4 Å². The number of ether oxygens (including phenoxy) is 1. The second-order valence-corrected chi connectivity index (χ2v) is 5.92. The molecule has 0 aliphatic carbocycles. The topological polar surface area (TPSA) is 89.7 Å². The Morgan fingerprint density at radius 3 is 3.00 bits per heavy atom. The van der Waals surface area contributed by atoms with Gasteiger partial charge in [0.2, 0.25) is 5.95 Å². The number of fused-ring (bicyclic) bond motifs is 2. The molecule has 0 spiro atoms. The Labute approximate surface area is 121 Å². The predicted molar refractivity (Wildman–Crippen MR) is 80.1 cm³/mol. The van der Waals surface area contributed by atoms with E-state index in [9.17, 15) is 0 Å². The van der Waals surface area contributed by atoms with Crippen molar-refractivity contribution in [3.63, 3.8) is 0 Å². The molecular formula is C15H15N5O. The summed E-state index contributed by atoms with van der Waals surface area (Å²) in [5, 5.41) is 0. The lowest BCUT2D eigenvalue weighted by Gasteiger charge is -2.15. The monoisotopic (exact) mass is 281 g/mol. The third kappa shape index (κ3) is 1.75. The third-order valence-electron chi connectivity index (χ3n) is 3.87. The van der Waals surface area contributed by atoms with Crippen molar-refractivity contribution in [1.29, 1.82) is 0 Å². The number of nitrogens with zero attached hydrogens (tertiary/aromatic N) is 3. The maximum absolute atomic E-state index is 5.79. The maximum Gasteiger partial charge on any atom is 0.222 e. The van der Waals surface area contributed by atoms with E-state index in [4.69, 9.17) is 10.5 Å². The van der Waals surface area contributed by atoms with E-state index in [2.05, 4.69) is 39.8 Å². The summed E-state index contributed by atoms with van der Waals surface area (Å²) in [5.74, 6) is 1.16. The van der Waals surface area contributed by atoms with E-state index in [0.717, 1.165) is 22.5 Å². The summed E-state index contributed by atoms with van der Waals surface area (Å²) in [4.78, 5) is 15.7. The predicted octanol–water partition coefficient (Wildman–Crippen LogP) is 2.27. The van der Waals surface area contributed by atoms with Crippen molar-refractivity contribution >= 4 is 17.1 Å². The number of nitrogens with two attached hydrogens (primary N) is 1. The van der Waals surface area contributed by atoms with Crippen molar-refractivity contribution in [2.24, 2.45) is 0 Å². The molecule has 0 saturated carbocycles. The van der Waals surface area contributed by atoms with Crippen LogP contribution >= 0.6 is 0 Å². The number of benzene rings is 1. The molecule has 3 heterocycles. The van der Waals surface area contributed by atoms with E-state index in [1.807, 2.05) is 12.1 Å². The van der Waals surface area contributed by atoms with Crippen molar-refractivity contribution in [3.8, 4) is 17.0 Å². The number of nitrogens with one attached hydrogen (secondary N) is 1. The van der Waals surface area contributed by atoms with Gasteiger partial charge in [0.15, 0.2) is 5.65 Å². The van der Waals surface area contributed by atoms with Crippen molar-refractivity contribution in [2.45, 2.75) is 19.3 Å². The highest BCUT2D eigenvalue weighted by molar-refractivity contribution is 5.88. The molecule has 21 heavy (non-hydrogen) atoms. The van der Waals surface area contributed by atoms with E-state index in [1.54, 1.807) is 6.33 Å². The van der Waals surface area contributed by atoms with Crippen molar-refractivity contribution in [2.75, 3.05) is 12.3 Å². The summed E-state index contributed by atoms with van der Waals surface area (Å²) < 4.78 is 5.72. The summed E-state index contributed by atoms with van der Waals surface area (Å²) >= 11 is 0. The number of hydrogen-bond donors (Lipinski definition) is 2. The summed E-state index contributed by atoms with van der Waals surface area (Å²) in [6, 6.07) is 6.09. The van der Waals surface area contributed by atoms with Crippen LogP contribution in [0.15, 0.2) is 24.5 Å². The van der Waals surface area contributed by atoms with Crippen LogP contribution in [-0.4, -0.2) is 26.5 Å². The Kier molecular flexibility index (Phi) is 2.28. The van der Waals surface area contributed by atoms with Crippen molar-refractivity contribution < 1.29 is 4.74 Å². The van der Waals surface area contributed by atoms with Gasteiger partial charge in [0, 0.05) is 16.5 Å². The SMILES string of the molecule is CC1(C)COc2ccc(-c3nc(N)nc4nc[nH]c34)cc21. The largest absolute Gasteiger partial charge is 0.492 e. The zero-order valence-electron chi connectivity index (χ0n) is 11.8. The van der Waals surface area contributed by atoms with E-state index in [-0.39, 0.29) is 11.4 Å². The van der Waals surface area contributed by atoms with Crippen LogP contribution in [0, 0.1) is 0 Å². The molecule has 3 aromatic rings. The Morgan fingerprint density at radius 1 is 1.29 bits per heavy atom. The second kappa shape index (κ2) is 3.94. The van der Waals surface area contributed by atoms with Gasteiger partial charge in [0.25, 0.3) is 0 Å². The fourth-order valence-corrected chi connectivity index (χ4v) is 2.73. The molecule has 1 aliphatic heterocycles. The molecule has 6 nitrogen and oxygen atoms in total. The third-order valence-corrected chi connectivity index (χ3v) is 3.87. The number of rotatable bonds is 1. The Bertz CT molecular complexity index is 852. The molecule has 2 aromatic heterocycles. The normalized spacial score (nSPS) is 15.9.